The minimum Gasteiger partial charge on any atom is -0.379 e. The molecule has 0 aliphatic carbocycles. The molecule has 29 heavy (non-hydrogen) atoms. The van der Waals surface area contributed by atoms with E-state index in [0.717, 1.165) is 62.0 Å². The Balaban J connectivity index is 1.45. The van der Waals surface area contributed by atoms with Gasteiger partial charge in [-0.15, -0.1) is 0 Å². The quantitative estimate of drug-likeness (QED) is 0.365. The first-order valence-corrected chi connectivity index (χ1v) is 10.5. The van der Waals surface area contributed by atoms with Crippen LogP contribution in [0.4, 0.5) is 0 Å². The molecule has 0 spiro atoms. The fourth-order valence-electron chi connectivity index (χ4n) is 3.32. The van der Waals surface area contributed by atoms with Crippen molar-refractivity contribution >= 4 is 5.96 Å². The average molecular weight is 400 g/mol. The lowest BCUT2D eigenvalue weighted by Crippen LogP contribution is -2.38. The van der Waals surface area contributed by atoms with E-state index in [2.05, 4.69) is 39.2 Å². The van der Waals surface area contributed by atoms with Crippen LogP contribution in [0.15, 0.2) is 41.5 Å². The number of aromatic amines is 1. The summed E-state index contributed by atoms with van der Waals surface area (Å²) in [4.78, 5) is 14.7. The Morgan fingerprint density at radius 2 is 2.24 bits per heavy atom. The normalized spacial score (nSPS) is 16.9. The second kappa shape index (κ2) is 11.6. The monoisotopic (exact) mass is 399 g/mol. The highest BCUT2D eigenvalue weighted by molar-refractivity contribution is 5.79. The third-order valence-corrected chi connectivity index (χ3v) is 4.83. The topological polar surface area (TPSA) is 74.8 Å². The van der Waals surface area contributed by atoms with Crippen LogP contribution >= 0.6 is 0 Å². The van der Waals surface area contributed by atoms with Gasteiger partial charge in [-0.05, 0) is 31.7 Å². The van der Waals surface area contributed by atoms with Crippen molar-refractivity contribution in [1.29, 1.82) is 0 Å². The van der Waals surface area contributed by atoms with Crippen LogP contribution in [-0.4, -0.2) is 66.9 Å². The van der Waals surface area contributed by atoms with Crippen LogP contribution in [0.3, 0.4) is 0 Å². The predicted octanol–water partition coefficient (Wildman–Crippen LogP) is 3.06. The van der Waals surface area contributed by atoms with Gasteiger partial charge in [0.25, 0.3) is 0 Å². The number of hydrogen-bond donors (Lipinski definition) is 2. The predicted molar refractivity (Wildman–Crippen MR) is 116 cm³/mol. The molecular weight excluding hydrogens is 366 g/mol. The maximum Gasteiger partial charge on any atom is 0.194 e. The first kappa shape index (κ1) is 21.3. The molecule has 7 heteroatoms. The molecule has 3 rings (SSSR count). The fraction of sp³-hybridized carbons (Fsp3) is 0.545. The van der Waals surface area contributed by atoms with Gasteiger partial charge in [0.1, 0.15) is 5.82 Å². The zero-order chi connectivity index (χ0) is 20.3. The second-order valence-electron chi connectivity index (χ2n) is 7.26. The van der Waals surface area contributed by atoms with Gasteiger partial charge in [-0.1, -0.05) is 30.3 Å². The van der Waals surface area contributed by atoms with Crippen LogP contribution in [0.25, 0.3) is 11.3 Å². The van der Waals surface area contributed by atoms with E-state index in [0.29, 0.717) is 19.8 Å². The molecule has 1 aliphatic heterocycles. The van der Waals surface area contributed by atoms with Crippen molar-refractivity contribution in [3.63, 3.8) is 0 Å². The molecule has 1 aliphatic rings. The minimum absolute atomic E-state index is 0.288. The Hall–Kier alpha value is -2.38. The molecule has 158 valence electrons. The molecule has 2 N–H and O–H groups in total. The molecular formula is C22H33N5O2. The highest BCUT2D eigenvalue weighted by Gasteiger charge is 2.15. The summed E-state index contributed by atoms with van der Waals surface area (Å²) in [5, 5.41) is 3.35. The number of hydrogen-bond acceptors (Lipinski definition) is 4. The van der Waals surface area contributed by atoms with E-state index < -0.39 is 0 Å². The van der Waals surface area contributed by atoms with Crippen molar-refractivity contribution in [2.45, 2.75) is 38.8 Å². The standard InChI is InChI=1S/C22H33N5O2/c1-3-23-22(24-12-8-13-28-17-19-11-7-14-29-19)27(2)16-21-25-15-20(26-21)18-9-5-4-6-10-18/h4-6,9-10,15,19H,3,7-8,11-14,16-17H2,1-2H3,(H,23,24)(H,25,26). The van der Waals surface area contributed by atoms with E-state index in [-0.39, 0.29) is 6.10 Å². The summed E-state index contributed by atoms with van der Waals surface area (Å²) in [6.07, 6.45) is 5.34. The summed E-state index contributed by atoms with van der Waals surface area (Å²) in [5.74, 6) is 1.79. The number of rotatable bonds is 10. The van der Waals surface area contributed by atoms with Crippen molar-refractivity contribution in [2.75, 3.05) is 40.0 Å². The van der Waals surface area contributed by atoms with Gasteiger partial charge in [0, 0.05) is 33.4 Å². The largest absolute Gasteiger partial charge is 0.379 e. The van der Waals surface area contributed by atoms with Gasteiger partial charge >= 0.3 is 0 Å². The molecule has 0 saturated carbocycles. The lowest BCUT2D eigenvalue weighted by atomic mass is 10.2. The molecule has 1 aromatic carbocycles. The van der Waals surface area contributed by atoms with E-state index >= 15 is 0 Å². The Kier molecular flexibility index (Phi) is 8.52. The van der Waals surface area contributed by atoms with Gasteiger partial charge in [-0.25, -0.2) is 4.98 Å². The van der Waals surface area contributed by atoms with Crippen molar-refractivity contribution in [3.05, 3.63) is 42.4 Å². The Bertz CT molecular complexity index is 741. The lowest BCUT2D eigenvalue weighted by molar-refractivity contribution is 0.0170. The summed E-state index contributed by atoms with van der Waals surface area (Å²) in [6, 6.07) is 10.2. The van der Waals surface area contributed by atoms with E-state index in [4.69, 9.17) is 14.5 Å². The number of H-pyrrole nitrogens is 1. The highest BCUT2D eigenvalue weighted by Crippen LogP contribution is 2.16. The van der Waals surface area contributed by atoms with Crippen molar-refractivity contribution in [2.24, 2.45) is 4.99 Å². The van der Waals surface area contributed by atoms with Gasteiger partial charge in [-0.2, -0.15) is 0 Å². The molecule has 2 aromatic rings. The molecule has 1 fully saturated rings. The number of ether oxygens (including phenoxy) is 2. The Morgan fingerprint density at radius 3 is 3.00 bits per heavy atom. The molecule has 0 bridgehead atoms. The third kappa shape index (κ3) is 6.87. The minimum atomic E-state index is 0.288. The van der Waals surface area contributed by atoms with Crippen molar-refractivity contribution < 1.29 is 9.47 Å². The molecule has 0 radical (unpaired) electrons. The molecule has 2 heterocycles. The Morgan fingerprint density at radius 1 is 1.38 bits per heavy atom. The molecule has 1 saturated heterocycles. The smallest absolute Gasteiger partial charge is 0.194 e. The fourth-order valence-corrected chi connectivity index (χ4v) is 3.32. The first-order chi connectivity index (χ1) is 14.3. The number of benzene rings is 1. The molecule has 7 nitrogen and oxygen atoms in total. The number of aromatic nitrogens is 2. The molecule has 1 aromatic heterocycles. The van der Waals surface area contributed by atoms with E-state index in [1.807, 2.05) is 31.4 Å². The van der Waals surface area contributed by atoms with Gasteiger partial charge in [0.2, 0.25) is 0 Å². The number of nitrogens with zero attached hydrogens (tertiary/aromatic N) is 3. The number of guanidine groups is 1. The number of aliphatic imine (C=N–C) groups is 1. The van der Waals surface area contributed by atoms with E-state index in [1.54, 1.807) is 0 Å². The lowest BCUT2D eigenvalue weighted by Gasteiger charge is -2.21. The second-order valence-corrected chi connectivity index (χ2v) is 7.26. The van der Waals surface area contributed by atoms with Crippen LogP contribution < -0.4 is 5.32 Å². The maximum atomic E-state index is 5.72. The van der Waals surface area contributed by atoms with Crippen molar-refractivity contribution in [3.8, 4) is 11.3 Å². The third-order valence-electron chi connectivity index (χ3n) is 4.83. The van der Waals surface area contributed by atoms with E-state index in [9.17, 15) is 0 Å². The van der Waals surface area contributed by atoms with Crippen molar-refractivity contribution in [1.82, 2.24) is 20.2 Å². The first-order valence-electron chi connectivity index (χ1n) is 10.5. The maximum absolute atomic E-state index is 5.72. The van der Waals surface area contributed by atoms with Crippen LogP contribution in [0.5, 0.6) is 0 Å². The van der Waals surface area contributed by atoms with Crippen LogP contribution in [-0.2, 0) is 16.0 Å². The Labute approximate surface area is 173 Å². The van der Waals surface area contributed by atoms with Crippen LogP contribution in [0.2, 0.25) is 0 Å². The highest BCUT2D eigenvalue weighted by atomic mass is 16.5. The van der Waals surface area contributed by atoms with Gasteiger partial charge in [0.05, 0.1) is 31.1 Å². The summed E-state index contributed by atoms with van der Waals surface area (Å²) >= 11 is 0. The van der Waals surface area contributed by atoms with E-state index in [1.165, 1.54) is 0 Å². The summed E-state index contributed by atoms with van der Waals surface area (Å²) < 4.78 is 11.3. The molecule has 0 amide bonds. The molecule has 1 atom stereocenters. The summed E-state index contributed by atoms with van der Waals surface area (Å²) in [6.45, 7) is 6.58. The SMILES string of the molecule is CCNC(=NCCCOCC1CCCO1)N(C)Cc1ncc(-c2ccccc2)[nH]1. The van der Waals surface area contributed by atoms with Gasteiger partial charge < -0.3 is 24.7 Å². The van der Waals surface area contributed by atoms with Crippen LogP contribution in [0, 0.1) is 0 Å². The summed E-state index contributed by atoms with van der Waals surface area (Å²) in [7, 11) is 2.03. The van der Waals surface area contributed by atoms with Gasteiger partial charge in [0.15, 0.2) is 5.96 Å². The number of imidazole rings is 1. The zero-order valence-electron chi connectivity index (χ0n) is 17.6. The van der Waals surface area contributed by atoms with Crippen LogP contribution in [0.1, 0.15) is 32.0 Å². The molecule has 1 unspecified atom stereocenters. The average Bonchev–Trinajstić information content (AvgIpc) is 3.42. The summed E-state index contributed by atoms with van der Waals surface area (Å²) in [5.41, 5.74) is 2.16. The number of nitrogens with one attached hydrogen (secondary N) is 2. The zero-order valence-corrected chi connectivity index (χ0v) is 17.6. The van der Waals surface area contributed by atoms with Gasteiger partial charge in [-0.3, -0.25) is 4.99 Å².